The Bertz CT molecular complexity index is 2680. The molecule has 0 N–H and O–H groups in total. The molecule has 3 saturated heterocycles. The number of para-hydroxylation sites is 1. The lowest BCUT2D eigenvalue weighted by atomic mass is 9.79. The first-order valence-electron chi connectivity index (χ1n) is 30.1. The summed E-state index contributed by atoms with van der Waals surface area (Å²) in [6.07, 6.45) is 21.1. The second-order valence-corrected chi connectivity index (χ2v) is 22.8. The highest BCUT2D eigenvalue weighted by molar-refractivity contribution is 5.48. The Hall–Kier alpha value is -6.21. The van der Waals surface area contributed by atoms with Gasteiger partial charge in [0.2, 0.25) is 0 Å². The van der Waals surface area contributed by atoms with Crippen LogP contribution in [0.15, 0.2) is 140 Å². The highest BCUT2D eigenvalue weighted by Crippen LogP contribution is 2.44. The van der Waals surface area contributed by atoms with Crippen LogP contribution in [0.4, 0.5) is 17.5 Å². The number of pyridine rings is 3. The quantitative estimate of drug-likeness (QED) is 0.117. The van der Waals surface area contributed by atoms with Gasteiger partial charge in [0.25, 0.3) is 0 Å². The zero-order valence-electron chi connectivity index (χ0n) is 48.0. The molecule has 3 saturated carbocycles. The van der Waals surface area contributed by atoms with Crippen molar-refractivity contribution in [1.82, 2.24) is 29.7 Å². The van der Waals surface area contributed by atoms with Crippen molar-refractivity contribution in [2.75, 3.05) is 115 Å². The van der Waals surface area contributed by atoms with Crippen LogP contribution >= 0.6 is 0 Å². The van der Waals surface area contributed by atoms with E-state index in [2.05, 4.69) is 148 Å². The molecule has 0 spiro atoms. The Balaban J connectivity index is 0.000000134. The molecular formula is C67H89N9O3. The molecule has 3 aromatic carbocycles. The number of hydrogen-bond acceptors (Lipinski definition) is 12. The minimum absolute atomic E-state index is 0.525. The molecule has 12 heteroatoms. The number of anilines is 3. The summed E-state index contributed by atoms with van der Waals surface area (Å²) >= 11 is 0. The van der Waals surface area contributed by atoms with Crippen LogP contribution in [0, 0.1) is 6.92 Å². The molecule has 12 nitrogen and oxygen atoms in total. The molecule has 6 fully saturated rings. The SMILES string of the molecule is COc1cccc(OC)c1C1CCC(N2CCN(c3ccccn3)CC2)CC1.COc1ccccc1C1CCC(N2CCN(c3ccccn3)CC2)CC1.Cc1ccccc1C1CCC(N2CCN(c3ccccn3)CC2)CC1. The number of benzene rings is 3. The molecule has 6 aromatic rings. The number of piperazine rings is 3. The van der Waals surface area contributed by atoms with Gasteiger partial charge >= 0.3 is 0 Å². The van der Waals surface area contributed by atoms with E-state index in [0.717, 1.165) is 118 Å². The molecule has 79 heavy (non-hydrogen) atoms. The van der Waals surface area contributed by atoms with Gasteiger partial charge in [0.05, 0.1) is 21.3 Å². The van der Waals surface area contributed by atoms with E-state index in [1.54, 1.807) is 26.9 Å². The van der Waals surface area contributed by atoms with E-state index in [0.29, 0.717) is 17.9 Å². The Kier molecular flexibility index (Phi) is 20.1. The summed E-state index contributed by atoms with van der Waals surface area (Å²) in [7, 11) is 5.29. The fourth-order valence-corrected chi connectivity index (χ4v) is 14.1. The van der Waals surface area contributed by atoms with E-state index in [4.69, 9.17) is 14.2 Å². The molecule has 0 amide bonds. The van der Waals surface area contributed by atoms with Gasteiger partial charge in [-0.1, -0.05) is 66.7 Å². The fraction of sp³-hybridized carbons (Fsp3) is 0.507. The molecule has 420 valence electrons. The first-order valence-corrected chi connectivity index (χ1v) is 30.1. The van der Waals surface area contributed by atoms with Crippen LogP contribution in [0.2, 0.25) is 0 Å². The third kappa shape index (κ3) is 14.4. The second-order valence-electron chi connectivity index (χ2n) is 22.8. The third-order valence-electron chi connectivity index (χ3n) is 18.6. The lowest BCUT2D eigenvalue weighted by Crippen LogP contribution is -2.51. The second kappa shape index (κ2) is 28.3. The third-order valence-corrected chi connectivity index (χ3v) is 18.6. The van der Waals surface area contributed by atoms with Crippen molar-refractivity contribution in [3.8, 4) is 17.2 Å². The Morgan fingerprint density at radius 1 is 0.329 bits per heavy atom. The Morgan fingerprint density at radius 2 is 0.658 bits per heavy atom. The average Bonchev–Trinajstić information content (AvgIpc) is 3.55. The van der Waals surface area contributed by atoms with Gasteiger partial charge < -0.3 is 28.9 Å². The van der Waals surface area contributed by atoms with Crippen LogP contribution in [-0.2, 0) is 0 Å². The molecule has 0 unspecified atom stereocenters. The van der Waals surface area contributed by atoms with Crippen LogP contribution in [-0.4, -0.2) is 148 Å². The van der Waals surface area contributed by atoms with E-state index in [1.807, 2.05) is 42.9 Å². The van der Waals surface area contributed by atoms with Gasteiger partial charge in [-0.15, -0.1) is 0 Å². The molecule has 0 bridgehead atoms. The van der Waals surface area contributed by atoms with Crippen LogP contribution in [0.5, 0.6) is 17.2 Å². The minimum Gasteiger partial charge on any atom is -0.496 e. The number of aryl methyl sites for hydroxylation is 1. The maximum Gasteiger partial charge on any atom is 0.128 e. The van der Waals surface area contributed by atoms with Gasteiger partial charge in [0, 0.05) is 121 Å². The number of rotatable bonds is 12. The van der Waals surface area contributed by atoms with Crippen molar-refractivity contribution < 1.29 is 14.2 Å². The predicted molar refractivity (Wildman–Crippen MR) is 323 cm³/mol. The van der Waals surface area contributed by atoms with Gasteiger partial charge in [-0.05, 0) is 173 Å². The number of nitrogens with zero attached hydrogens (tertiary/aromatic N) is 9. The lowest BCUT2D eigenvalue weighted by Gasteiger charge is -2.42. The normalized spacial score (nSPS) is 24.3. The number of hydrogen-bond donors (Lipinski definition) is 0. The van der Waals surface area contributed by atoms with Crippen LogP contribution in [0.25, 0.3) is 0 Å². The van der Waals surface area contributed by atoms with Crippen molar-refractivity contribution in [3.63, 3.8) is 0 Å². The molecule has 3 aromatic heterocycles. The average molecular weight is 1070 g/mol. The zero-order chi connectivity index (χ0) is 54.2. The van der Waals surface area contributed by atoms with Crippen molar-refractivity contribution in [2.24, 2.45) is 0 Å². The molecule has 12 rings (SSSR count). The van der Waals surface area contributed by atoms with E-state index in [1.165, 1.54) is 107 Å². The maximum absolute atomic E-state index is 5.64. The zero-order valence-corrected chi connectivity index (χ0v) is 48.0. The summed E-state index contributed by atoms with van der Waals surface area (Å²) in [5.41, 5.74) is 5.70. The first-order chi connectivity index (χ1) is 39.0. The molecule has 3 aliphatic heterocycles. The maximum atomic E-state index is 5.64. The van der Waals surface area contributed by atoms with E-state index in [9.17, 15) is 0 Å². The van der Waals surface area contributed by atoms with Gasteiger partial charge in [0.1, 0.15) is 34.7 Å². The van der Waals surface area contributed by atoms with Crippen molar-refractivity contribution in [3.05, 3.63) is 162 Å². The monoisotopic (exact) mass is 1070 g/mol. The highest BCUT2D eigenvalue weighted by atomic mass is 16.5. The van der Waals surface area contributed by atoms with Gasteiger partial charge in [-0.25, -0.2) is 15.0 Å². The van der Waals surface area contributed by atoms with Crippen LogP contribution in [0.1, 0.15) is 117 Å². The minimum atomic E-state index is 0.525. The largest absolute Gasteiger partial charge is 0.496 e. The van der Waals surface area contributed by atoms with E-state index in [-0.39, 0.29) is 0 Å². The summed E-state index contributed by atoms with van der Waals surface area (Å²) in [4.78, 5) is 28.9. The van der Waals surface area contributed by atoms with Crippen molar-refractivity contribution in [2.45, 2.75) is 120 Å². The summed E-state index contributed by atoms with van der Waals surface area (Å²) in [5, 5.41) is 0. The van der Waals surface area contributed by atoms with E-state index >= 15 is 0 Å². The molecule has 0 atom stereocenters. The Morgan fingerprint density at radius 3 is 1.03 bits per heavy atom. The summed E-state index contributed by atoms with van der Waals surface area (Å²) in [6.45, 7) is 15.7. The lowest BCUT2D eigenvalue weighted by molar-refractivity contribution is 0.140. The van der Waals surface area contributed by atoms with Crippen molar-refractivity contribution >= 4 is 17.5 Å². The number of aromatic nitrogens is 3. The predicted octanol–water partition coefficient (Wildman–Crippen LogP) is 12.1. The summed E-state index contributed by atoms with van der Waals surface area (Å²) in [6, 6.07) is 44.4. The molecule has 6 aliphatic rings. The smallest absolute Gasteiger partial charge is 0.128 e. The summed E-state index contributed by atoms with van der Waals surface area (Å²) < 4.78 is 16.8. The molecule has 0 radical (unpaired) electrons. The highest BCUT2D eigenvalue weighted by Gasteiger charge is 2.34. The molecule has 3 aliphatic carbocycles. The fourth-order valence-electron chi connectivity index (χ4n) is 14.1. The van der Waals surface area contributed by atoms with E-state index < -0.39 is 0 Å². The topological polar surface area (TPSA) is 85.8 Å². The first kappa shape index (κ1) is 56.1. The van der Waals surface area contributed by atoms with Gasteiger partial charge in [-0.2, -0.15) is 0 Å². The van der Waals surface area contributed by atoms with Gasteiger partial charge in [0.15, 0.2) is 0 Å². The molecule has 6 heterocycles. The molecular weight excluding hydrogens is 979 g/mol. The van der Waals surface area contributed by atoms with Crippen LogP contribution in [0.3, 0.4) is 0 Å². The number of ether oxygens (including phenoxy) is 3. The Labute approximate surface area is 473 Å². The van der Waals surface area contributed by atoms with Crippen LogP contribution < -0.4 is 28.9 Å². The van der Waals surface area contributed by atoms with Gasteiger partial charge in [-0.3, -0.25) is 14.7 Å². The summed E-state index contributed by atoms with van der Waals surface area (Å²) in [5.74, 6) is 8.28. The standard InChI is InChI=1S/C23H31N3O2.C22H29N3O.C22H29N3/c1-27-20-6-5-7-21(28-2)23(20)18-9-11-19(12-10-18)25-14-16-26(17-15-25)22-8-3-4-13-24-22;1-26-21-7-3-2-6-20(21)18-9-11-19(12-10-18)24-14-16-25(17-15-24)22-8-4-5-13-23-22;1-18-6-2-3-7-21(18)19-9-11-20(12-10-19)24-14-16-25(17-15-24)22-8-4-5-13-23-22/h3-8,13,18-19H,9-12,14-17H2,1-2H3;2-8,13,18-19H,9-12,14-17H2,1H3;2-8,13,19-20H,9-12,14-17H2,1H3. The van der Waals surface area contributed by atoms with Crippen molar-refractivity contribution in [1.29, 1.82) is 0 Å². The number of methoxy groups -OCH3 is 3.